The molecule has 0 N–H and O–H groups in total. The summed E-state index contributed by atoms with van der Waals surface area (Å²) in [5, 5.41) is 0. The Morgan fingerprint density at radius 3 is 2.42 bits per heavy atom. The number of carbonyl (C=O) groups excluding carboxylic acids is 1. The van der Waals surface area contributed by atoms with Gasteiger partial charge in [-0.3, -0.25) is 4.79 Å². The molecule has 0 unspecified atom stereocenters. The van der Waals surface area contributed by atoms with E-state index in [0.29, 0.717) is 31.0 Å². The van der Waals surface area contributed by atoms with Crippen molar-refractivity contribution >= 4 is 5.78 Å². The van der Waals surface area contributed by atoms with Crippen LogP contribution in [0.3, 0.4) is 0 Å². The van der Waals surface area contributed by atoms with Crippen molar-refractivity contribution in [1.29, 1.82) is 0 Å². The molecule has 0 amide bonds. The number of Topliss-reactive ketones (excluding diaryl/α,β-unsaturated/α-hetero) is 1. The first kappa shape index (κ1) is 13.9. The molecule has 1 saturated carbocycles. The lowest BCUT2D eigenvalue weighted by Crippen LogP contribution is -2.21. The Hall–Kier alpha value is -1.55. The molecule has 0 aromatic heterocycles. The molecule has 1 aromatic carbocycles. The summed E-state index contributed by atoms with van der Waals surface area (Å²) in [6.07, 6.45) is 3.18. The van der Waals surface area contributed by atoms with E-state index in [-0.39, 0.29) is 6.10 Å². The van der Waals surface area contributed by atoms with E-state index in [2.05, 4.69) is 0 Å². The van der Waals surface area contributed by atoms with Crippen molar-refractivity contribution < 1.29 is 19.0 Å². The minimum Gasteiger partial charge on any atom is -0.493 e. The molecule has 1 aromatic rings. The number of ketones is 1. The van der Waals surface area contributed by atoms with Crippen molar-refractivity contribution in [3.63, 3.8) is 0 Å². The molecule has 4 heteroatoms. The number of methoxy groups -OCH3 is 2. The standard InChI is InChI=1S/C15H20O4/c1-17-14-8-3-11(9-15(14)18-2)10-19-13-6-4-12(16)5-7-13/h3,8-9,13H,4-7,10H2,1-2H3. The molecule has 0 atom stereocenters. The molecule has 0 bridgehead atoms. The monoisotopic (exact) mass is 264 g/mol. The summed E-state index contributed by atoms with van der Waals surface area (Å²) in [4.78, 5) is 11.2. The van der Waals surface area contributed by atoms with E-state index in [1.54, 1.807) is 14.2 Å². The van der Waals surface area contributed by atoms with Crippen LogP contribution in [-0.4, -0.2) is 26.1 Å². The minimum absolute atomic E-state index is 0.200. The van der Waals surface area contributed by atoms with Gasteiger partial charge < -0.3 is 14.2 Å². The fourth-order valence-corrected chi connectivity index (χ4v) is 2.26. The van der Waals surface area contributed by atoms with E-state index in [1.807, 2.05) is 18.2 Å². The number of carbonyl (C=O) groups is 1. The van der Waals surface area contributed by atoms with Crippen LogP contribution in [0.15, 0.2) is 18.2 Å². The van der Waals surface area contributed by atoms with Crippen LogP contribution in [0.1, 0.15) is 31.2 Å². The van der Waals surface area contributed by atoms with Gasteiger partial charge in [0.1, 0.15) is 5.78 Å². The predicted molar refractivity (Wildman–Crippen MR) is 71.6 cm³/mol. The third-order valence-electron chi connectivity index (χ3n) is 3.42. The number of hydrogen-bond acceptors (Lipinski definition) is 4. The molecule has 0 heterocycles. The Morgan fingerprint density at radius 2 is 1.79 bits per heavy atom. The van der Waals surface area contributed by atoms with Crippen molar-refractivity contribution in [2.45, 2.75) is 38.4 Å². The van der Waals surface area contributed by atoms with Crippen molar-refractivity contribution in [3.05, 3.63) is 23.8 Å². The average molecular weight is 264 g/mol. The van der Waals surface area contributed by atoms with Crippen molar-refractivity contribution in [3.8, 4) is 11.5 Å². The summed E-state index contributed by atoms with van der Waals surface area (Å²) in [5.74, 6) is 1.78. The maximum absolute atomic E-state index is 11.2. The van der Waals surface area contributed by atoms with Crippen LogP contribution in [0, 0.1) is 0 Å². The summed E-state index contributed by atoms with van der Waals surface area (Å²) in [5.41, 5.74) is 1.05. The Kier molecular flexibility index (Phi) is 4.80. The van der Waals surface area contributed by atoms with Gasteiger partial charge in [0.25, 0.3) is 0 Å². The summed E-state index contributed by atoms with van der Waals surface area (Å²) < 4.78 is 16.3. The summed E-state index contributed by atoms with van der Waals surface area (Å²) in [6.45, 7) is 0.541. The topological polar surface area (TPSA) is 44.8 Å². The minimum atomic E-state index is 0.200. The van der Waals surface area contributed by atoms with Gasteiger partial charge in [0, 0.05) is 12.8 Å². The molecule has 4 nitrogen and oxygen atoms in total. The van der Waals surface area contributed by atoms with E-state index >= 15 is 0 Å². The second-order valence-corrected chi connectivity index (χ2v) is 4.74. The molecular formula is C15H20O4. The predicted octanol–water partition coefficient (Wildman–Crippen LogP) is 2.73. The number of hydrogen-bond donors (Lipinski definition) is 0. The van der Waals surface area contributed by atoms with Gasteiger partial charge in [-0.2, -0.15) is 0 Å². The highest BCUT2D eigenvalue weighted by Gasteiger charge is 2.19. The van der Waals surface area contributed by atoms with Crippen LogP contribution in [0.25, 0.3) is 0 Å². The molecular weight excluding hydrogens is 244 g/mol. The lowest BCUT2D eigenvalue weighted by molar-refractivity contribution is -0.123. The van der Waals surface area contributed by atoms with Gasteiger partial charge in [0.15, 0.2) is 11.5 Å². The van der Waals surface area contributed by atoms with E-state index in [9.17, 15) is 4.79 Å². The second-order valence-electron chi connectivity index (χ2n) is 4.74. The number of benzene rings is 1. The fraction of sp³-hybridized carbons (Fsp3) is 0.533. The first-order valence-corrected chi connectivity index (χ1v) is 6.57. The largest absolute Gasteiger partial charge is 0.493 e. The lowest BCUT2D eigenvalue weighted by atomic mass is 9.96. The molecule has 19 heavy (non-hydrogen) atoms. The number of ether oxygens (including phenoxy) is 3. The van der Waals surface area contributed by atoms with Gasteiger partial charge in [0.2, 0.25) is 0 Å². The van der Waals surface area contributed by atoms with Crippen molar-refractivity contribution in [1.82, 2.24) is 0 Å². The number of rotatable bonds is 5. The highest BCUT2D eigenvalue weighted by atomic mass is 16.5. The van der Waals surface area contributed by atoms with E-state index in [0.717, 1.165) is 24.2 Å². The van der Waals surface area contributed by atoms with Gasteiger partial charge in [-0.05, 0) is 30.5 Å². The first-order chi connectivity index (χ1) is 9.22. The van der Waals surface area contributed by atoms with Crippen molar-refractivity contribution in [2.24, 2.45) is 0 Å². The van der Waals surface area contributed by atoms with Crippen molar-refractivity contribution in [2.75, 3.05) is 14.2 Å². The Labute approximate surface area is 113 Å². The third kappa shape index (κ3) is 3.70. The molecule has 0 aliphatic heterocycles. The molecule has 1 aliphatic rings. The zero-order valence-electron chi connectivity index (χ0n) is 11.5. The van der Waals surface area contributed by atoms with Crippen LogP contribution < -0.4 is 9.47 Å². The van der Waals surface area contributed by atoms with Crippen LogP contribution in [0.5, 0.6) is 11.5 Å². The van der Waals surface area contributed by atoms with Crippen LogP contribution in [0.2, 0.25) is 0 Å². The Balaban J connectivity index is 1.90. The smallest absolute Gasteiger partial charge is 0.161 e. The summed E-state index contributed by atoms with van der Waals surface area (Å²) in [6, 6.07) is 5.77. The highest BCUT2D eigenvalue weighted by molar-refractivity contribution is 5.79. The zero-order valence-corrected chi connectivity index (χ0v) is 11.5. The van der Waals surface area contributed by atoms with Gasteiger partial charge in [-0.15, -0.1) is 0 Å². The summed E-state index contributed by atoms with van der Waals surface area (Å²) in [7, 11) is 3.24. The molecule has 2 rings (SSSR count). The SMILES string of the molecule is COc1ccc(COC2CCC(=O)CC2)cc1OC. The highest BCUT2D eigenvalue weighted by Crippen LogP contribution is 2.28. The van der Waals surface area contributed by atoms with Crippen LogP contribution >= 0.6 is 0 Å². The van der Waals surface area contributed by atoms with Gasteiger partial charge in [-0.1, -0.05) is 6.07 Å². The molecule has 0 radical (unpaired) electrons. The van der Waals surface area contributed by atoms with Crippen LogP contribution in [-0.2, 0) is 16.1 Å². The van der Waals surface area contributed by atoms with Gasteiger partial charge >= 0.3 is 0 Å². The van der Waals surface area contributed by atoms with Crippen LogP contribution in [0.4, 0.5) is 0 Å². The molecule has 104 valence electrons. The fourth-order valence-electron chi connectivity index (χ4n) is 2.26. The lowest BCUT2D eigenvalue weighted by Gasteiger charge is -2.21. The average Bonchev–Trinajstić information content (AvgIpc) is 2.46. The third-order valence-corrected chi connectivity index (χ3v) is 3.42. The Bertz CT molecular complexity index is 432. The first-order valence-electron chi connectivity index (χ1n) is 6.57. The quantitative estimate of drug-likeness (QED) is 0.820. The second kappa shape index (κ2) is 6.57. The van der Waals surface area contributed by atoms with E-state index in [1.165, 1.54) is 0 Å². The molecule has 0 saturated heterocycles. The maximum atomic E-state index is 11.2. The molecule has 1 fully saturated rings. The normalized spacial score (nSPS) is 16.4. The van der Waals surface area contributed by atoms with E-state index in [4.69, 9.17) is 14.2 Å². The zero-order chi connectivity index (χ0) is 13.7. The van der Waals surface area contributed by atoms with Gasteiger partial charge in [0.05, 0.1) is 26.9 Å². The molecule has 1 aliphatic carbocycles. The molecule has 0 spiro atoms. The Morgan fingerprint density at radius 1 is 1.11 bits per heavy atom. The maximum Gasteiger partial charge on any atom is 0.161 e. The van der Waals surface area contributed by atoms with Gasteiger partial charge in [-0.25, -0.2) is 0 Å². The van der Waals surface area contributed by atoms with E-state index < -0.39 is 0 Å². The summed E-state index contributed by atoms with van der Waals surface area (Å²) >= 11 is 0.